The summed E-state index contributed by atoms with van der Waals surface area (Å²) in [6, 6.07) is 16.3. The van der Waals surface area contributed by atoms with Crippen LogP contribution in [0.3, 0.4) is 0 Å². The molecule has 0 radical (unpaired) electrons. The molecule has 0 aliphatic carbocycles. The third-order valence-electron chi connectivity index (χ3n) is 5.01. The van der Waals surface area contributed by atoms with Gasteiger partial charge in [0.2, 0.25) is 0 Å². The molecule has 3 aromatic carbocycles. The molecule has 0 bridgehead atoms. The first-order valence-electron chi connectivity index (χ1n) is 10.1. The highest BCUT2D eigenvalue weighted by Crippen LogP contribution is 2.31. The molecule has 1 heterocycles. The predicted octanol–water partition coefficient (Wildman–Crippen LogP) is 4.73. The minimum Gasteiger partial charge on any atom is -0.493 e. The zero-order valence-corrected chi connectivity index (χ0v) is 18.6. The normalized spacial score (nSPS) is 14.9. The van der Waals surface area contributed by atoms with Crippen LogP contribution in [0, 0.1) is 5.82 Å². The summed E-state index contributed by atoms with van der Waals surface area (Å²) in [5.41, 5.74) is 0.810. The number of ether oxygens (including phenoxy) is 2. The van der Waals surface area contributed by atoms with Crippen molar-refractivity contribution in [2.24, 2.45) is 0 Å². The van der Waals surface area contributed by atoms with Crippen LogP contribution in [0.15, 0.2) is 72.3 Å². The molecule has 1 aliphatic heterocycles. The second-order valence-electron chi connectivity index (χ2n) is 7.23. The number of amides is 4. The van der Waals surface area contributed by atoms with Crippen LogP contribution in [0.4, 0.5) is 14.9 Å². The Balaban J connectivity index is 1.60. The quantitative estimate of drug-likeness (QED) is 0.407. The third-order valence-corrected chi connectivity index (χ3v) is 5.24. The summed E-state index contributed by atoms with van der Waals surface area (Å²) in [5.74, 6) is -1.34. The SMILES string of the molecule is COc1cc(/C=C2\C(=O)NC(=O)N(c3cccc(Cl)c3)C2=O)ccc1OCc1ccccc1F. The molecule has 1 N–H and O–H groups in total. The van der Waals surface area contributed by atoms with Crippen LogP contribution in [-0.4, -0.2) is 25.0 Å². The van der Waals surface area contributed by atoms with Crippen molar-refractivity contribution in [2.45, 2.75) is 6.61 Å². The number of benzene rings is 3. The third kappa shape index (κ3) is 4.77. The molecule has 0 aromatic heterocycles. The van der Waals surface area contributed by atoms with Gasteiger partial charge in [0.15, 0.2) is 11.5 Å². The van der Waals surface area contributed by atoms with Gasteiger partial charge in [-0.05, 0) is 48.0 Å². The Morgan fingerprint density at radius 3 is 2.53 bits per heavy atom. The van der Waals surface area contributed by atoms with E-state index in [2.05, 4.69) is 5.32 Å². The van der Waals surface area contributed by atoms with Gasteiger partial charge in [0, 0.05) is 10.6 Å². The van der Waals surface area contributed by atoms with Crippen LogP contribution >= 0.6 is 11.6 Å². The Labute approximate surface area is 199 Å². The summed E-state index contributed by atoms with van der Waals surface area (Å²) in [5, 5.41) is 2.49. The van der Waals surface area contributed by atoms with Crippen LogP contribution in [0.25, 0.3) is 6.08 Å². The number of imide groups is 2. The molecule has 4 rings (SSSR count). The number of methoxy groups -OCH3 is 1. The molecular formula is C25H18ClFN2O5. The second kappa shape index (κ2) is 9.76. The zero-order chi connectivity index (χ0) is 24.2. The second-order valence-corrected chi connectivity index (χ2v) is 7.66. The number of carbonyl (C=O) groups is 3. The van der Waals surface area contributed by atoms with Gasteiger partial charge in [0.1, 0.15) is 18.0 Å². The smallest absolute Gasteiger partial charge is 0.335 e. The van der Waals surface area contributed by atoms with Crippen molar-refractivity contribution in [1.82, 2.24) is 5.32 Å². The number of rotatable bonds is 6. The fraction of sp³-hybridized carbons (Fsp3) is 0.0800. The van der Waals surface area contributed by atoms with Gasteiger partial charge in [0.05, 0.1) is 12.8 Å². The van der Waals surface area contributed by atoms with Crippen LogP contribution in [0.2, 0.25) is 5.02 Å². The molecule has 9 heteroatoms. The summed E-state index contributed by atoms with van der Waals surface area (Å²) >= 11 is 5.98. The maximum absolute atomic E-state index is 13.9. The van der Waals surface area contributed by atoms with Gasteiger partial charge in [-0.25, -0.2) is 14.1 Å². The van der Waals surface area contributed by atoms with Crippen molar-refractivity contribution in [2.75, 3.05) is 12.0 Å². The minimum atomic E-state index is -0.871. The van der Waals surface area contributed by atoms with E-state index in [0.29, 0.717) is 27.6 Å². The Bertz CT molecular complexity index is 1320. The molecule has 0 saturated carbocycles. The monoisotopic (exact) mass is 480 g/mol. The number of nitrogens with zero attached hydrogens (tertiary/aromatic N) is 1. The Kier molecular flexibility index (Phi) is 6.60. The van der Waals surface area contributed by atoms with Crippen LogP contribution in [0.5, 0.6) is 11.5 Å². The van der Waals surface area contributed by atoms with E-state index < -0.39 is 17.8 Å². The van der Waals surface area contributed by atoms with Gasteiger partial charge >= 0.3 is 6.03 Å². The fourth-order valence-electron chi connectivity index (χ4n) is 3.34. The van der Waals surface area contributed by atoms with E-state index in [0.717, 1.165) is 4.90 Å². The van der Waals surface area contributed by atoms with Crippen molar-refractivity contribution in [3.05, 3.63) is 94.3 Å². The maximum Gasteiger partial charge on any atom is 0.335 e. The number of carbonyl (C=O) groups excluding carboxylic acids is 3. The highest BCUT2D eigenvalue weighted by Gasteiger charge is 2.36. The van der Waals surface area contributed by atoms with Crippen molar-refractivity contribution >= 4 is 41.2 Å². The van der Waals surface area contributed by atoms with E-state index in [1.807, 2.05) is 0 Å². The van der Waals surface area contributed by atoms with Gasteiger partial charge in [0.25, 0.3) is 11.8 Å². The summed E-state index contributed by atoms with van der Waals surface area (Å²) in [6.45, 7) is -0.0128. The van der Waals surface area contributed by atoms with E-state index in [9.17, 15) is 18.8 Å². The summed E-state index contributed by atoms with van der Waals surface area (Å²) in [4.78, 5) is 38.6. The number of anilines is 1. The molecule has 34 heavy (non-hydrogen) atoms. The number of halogens is 2. The minimum absolute atomic E-state index is 0.0128. The Morgan fingerprint density at radius 1 is 1.00 bits per heavy atom. The summed E-state index contributed by atoms with van der Waals surface area (Å²) in [7, 11) is 1.43. The molecule has 0 unspecified atom stereocenters. The van der Waals surface area contributed by atoms with E-state index in [1.165, 1.54) is 31.4 Å². The molecule has 1 aliphatic rings. The molecular weight excluding hydrogens is 463 g/mol. The highest BCUT2D eigenvalue weighted by atomic mass is 35.5. The van der Waals surface area contributed by atoms with Crippen LogP contribution in [0.1, 0.15) is 11.1 Å². The fourth-order valence-corrected chi connectivity index (χ4v) is 3.52. The van der Waals surface area contributed by atoms with E-state index in [1.54, 1.807) is 48.5 Å². The largest absolute Gasteiger partial charge is 0.493 e. The van der Waals surface area contributed by atoms with E-state index in [4.69, 9.17) is 21.1 Å². The van der Waals surface area contributed by atoms with Crippen LogP contribution in [-0.2, 0) is 16.2 Å². The van der Waals surface area contributed by atoms with Crippen molar-refractivity contribution in [3.63, 3.8) is 0 Å². The number of hydrogen-bond acceptors (Lipinski definition) is 5. The first-order valence-corrected chi connectivity index (χ1v) is 10.5. The van der Waals surface area contributed by atoms with Crippen molar-refractivity contribution < 1.29 is 28.2 Å². The average Bonchev–Trinajstić information content (AvgIpc) is 2.81. The first-order chi connectivity index (χ1) is 16.4. The van der Waals surface area contributed by atoms with Crippen LogP contribution < -0.4 is 19.7 Å². The van der Waals surface area contributed by atoms with Gasteiger partial charge in [-0.3, -0.25) is 14.9 Å². The summed E-state index contributed by atoms with van der Waals surface area (Å²) < 4.78 is 24.9. The highest BCUT2D eigenvalue weighted by molar-refractivity contribution is 6.39. The molecule has 0 spiro atoms. The number of urea groups is 1. The first kappa shape index (κ1) is 23.0. The number of barbiturate groups is 1. The molecule has 1 fully saturated rings. The topological polar surface area (TPSA) is 84.9 Å². The van der Waals surface area contributed by atoms with Crippen molar-refractivity contribution in [3.8, 4) is 11.5 Å². The number of nitrogens with one attached hydrogen (secondary N) is 1. The lowest BCUT2D eigenvalue weighted by molar-refractivity contribution is -0.122. The van der Waals surface area contributed by atoms with Gasteiger partial charge in [-0.15, -0.1) is 0 Å². The van der Waals surface area contributed by atoms with Gasteiger partial charge in [-0.2, -0.15) is 0 Å². The lowest BCUT2D eigenvalue weighted by Gasteiger charge is -2.26. The molecule has 3 aromatic rings. The van der Waals surface area contributed by atoms with Crippen molar-refractivity contribution in [1.29, 1.82) is 0 Å². The zero-order valence-electron chi connectivity index (χ0n) is 17.9. The lowest BCUT2D eigenvalue weighted by atomic mass is 10.1. The number of hydrogen-bond donors (Lipinski definition) is 1. The predicted molar refractivity (Wildman–Crippen MR) is 124 cm³/mol. The standard InChI is InChI=1S/C25H18ClFN2O5/c1-33-22-12-15(9-10-21(22)34-14-16-5-2-3-8-20(16)27)11-19-23(30)28-25(32)29(24(19)31)18-7-4-6-17(26)13-18/h2-13H,14H2,1H3,(H,28,30,32)/b19-11+. The average molecular weight is 481 g/mol. The van der Waals surface area contributed by atoms with E-state index in [-0.39, 0.29) is 23.7 Å². The summed E-state index contributed by atoms with van der Waals surface area (Å²) in [6.07, 6.45) is 1.34. The molecule has 1 saturated heterocycles. The lowest BCUT2D eigenvalue weighted by Crippen LogP contribution is -2.54. The van der Waals surface area contributed by atoms with E-state index >= 15 is 0 Å². The Hall–Kier alpha value is -4.17. The van der Waals surface area contributed by atoms with Gasteiger partial charge < -0.3 is 9.47 Å². The molecule has 4 amide bonds. The Morgan fingerprint density at radius 2 is 1.79 bits per heavy atom. The maximum atomic E-state index is 13.9. The molecule has 0 atom stereocenters. The molecule has 172 valence electrons. The molecule has 7 nitrogen and oxygen atoms in total. The van der Waals surface area contributed by atoms with Gasteiger partial charge in [-0.1, -0.05) is 41.9 Å².